The minimum Gasteiger partial charge on any atom is -0.481 e. The molecule has 2 rings (SSSR count). The van der Waals surface area contributed by atoms with Gasteiger partial charge in [-0.15, -0.1) is 0 Å². The van der Waals surface area contributed by atoms with Gasteiger partial charge < -0.3 is 14.8 Å². The average molecular weight is 396 g/mol. The second kappa shape index (κ2) is 8.92. The van der Waals surface area contributed by atoms with Crippen LogP contribution in [0.1, 0.15) is 29.8 Å². The van der Waals surface area contributed by atoms with Crippen molar-refractivity contribution < 1.29 is 19.1 Å². The summed E-state index contributed by atoms with van der Waals surface area (Å²) in [6.45, 7) is 5.46. The lowest BCUT2D eigenvalue weighted by Gasteiger charge is -2.16. The zero-order chi connectivity index (χ0) is 19.3. The van der Waals surface area contributed by atoms with Crippen LogP contribution in [0.15, 0.2) is 36.4 Å². The van der Waals surface area contributed by atoms with Gasteiger partial charge in [-0.1, -0.05) is 23.2 Å². The number of hydrogen-bond acceptors (Lipinski definition) is 4. The molecule has 0 saturated heterocycles. The van der Waals surface area contributed by atoms with Crippen LogP contribution in [-0.4, -0.2) is 24.6 Å². The molecule has 0 aliphatic heterocycles. The minimum absolute atomic E-state index is 0.197. The lowest BCUT2D eigenvalue weighted by Crippen LogP contribution is -2.30. The van der Waals surface area contributed by atoms with Crippen molar-refractivity contribution in [2.45, 2.75) is 26.9 Å². The van der Waals surface area contributed by atoms with Crippen LogP contribution in [0.3, 0.4) is 0 Å². The summed E-state index contributed by atoms with van der Waals surface area (Å²) < 4.78 is 10.5. The fourth-order valence-corrected chi connectivity index (χ4v) is 2.53. The number of carbonyl (C=O) groups is 2. The Kier molecular flexibility index (Phi) is 6.89. The Bertz CT molecular complexity index is 823. The van der Waals surface area contributed by atoms with E-state index in [9.17, 15) is 9.59 Å². The Balaban J connectivity index is 2.03. The van der Waals surface area contributed by atoms with Crippen LogP contribution in [0, 0.1) is 6.92 Å². The quantitative estimate of drug-likeness (QED) is 0.707. The van der Waals surface area contributed by atoms with Crippen molar-refractivity contribution in [1.29, 1.82) is 0 Å². The first-order valence-corrected chi connectivity index (χ1v) is 8.77. The molecule has 7 heteroatoms. The highest BCUT2D eigenvalue weighted by atomic mass is 35.5. The van der Waals surface area contributed by atoms with Gasteiger partial charge in [-0.3, -0.25) is 4.79 Å². The molecule has 1 amide bonds. The number of aryl methyl sites for hydroxylation is 1. The third-order valence-corrected chi connectivity index (χ3v) is 4.28. The summed E-state index contributed by atoms with van der Waals surface area (Å²) in [4.78, 5) is 24.0. The van der Waals surface area contributed by atoms with Crippen LogP contribution >= 0.6 is 23.2 Å². The van der Waals surface area contributed by atoms with Crippen molar-refractivity contribution >= 4 is 40.8 Å². The summed E-state index contributed by atoms with van der Waals surface area (Å²) in [5, 5.41) is 3.53. The summed E-state index contributed by atoms with van der Waals surface area (Å²) in [7, 11) is 0. The first kappa shape index (κ1) is 20.1. The first-order valence-electron chi connectivity index (χ1n) is 8.02. The Hall–Kier alpha value is -2.24. The molecule has 0 bridgehead atoms. The SMILES string of the molecule is CCOC(=O)c1ccc(NC(=O)[C@H](C)Oc2ccc(Cl)c(C)c2)cc1Cl. The highest BCUT2D eigenvalue weighted by molar-refractivity contribution is 6.34. The molecular weight excluding hydrogens is 377 g/mol. The largest absolute Gasteiger partial charge is 0.481 e. The maximum atomic E-state index is 12.3. The Morgan fingerprint density at radius 3 is 2.46 bits per heavy atom. The number of benzene rings is 2. The van der Waals surface area contributed by atoms with Gasteiger partial charge in [0.1, 0.15) is 5.75 Å². The van der Waals surface area contributed by atoms with Gasteiger partial charge in [-0.25, -0.2) is 4.79 Å². The molecule has 1 atom stereocenters. The van der Waals surface area contributed by atoms with E-state index in [1.165, 1.54) is 12.1 Å². The summed E-state index contributed by atoms with van der Waals surface area (Å²) in [6.07, 6.45) is -0.737. The molecule has 0 fully saturated rings. The molecule has 0 heterocycles. The predicted octanol–water partition coefficient (Wildman–Crippen LogP) is 4.88. The van der Waals surface area contributed by atoms with Gasteiger partial charge in [-0.2, -0.15) is 0 Å². The van der Waals surface area contributed by atoms with E-state index in [-0.39, 0.29) is 23.1 Å². The zero-order valence-electron chi connectivity index (χ0n) is 14.6. The van der Waals surface area contributed by atoms with E-state index in [0.717, 1.165) is 5.56 Å². The lowest BCUT2D eigenvalue weighted by molar-refractivity contribution is -0.122. The molecule has 0 aliphatic rings. The number of hydrogen-bond donors (Lipinski definition) is 1. The Labute approximate surface area is 162 Å². The molecule has 2 aromatic rings. The van der Waals surface area contributed by atoms with E-state index >= 15 is 0 Å². The number of esters is 1. The summed E-state index contributed by atoms with van der Waals surface area (Å²) in [5.74, 6) is -0.312. The molecule has 2 aromatic carbocycles. The first-order chi connectivity index (χ1) is 12.3. The molecule has 0 aromatic heterocycles. The number of amides is 1. The standard InChI is InChI=1S/C19H19Cl2NO4/c1-4-25-19(24)15-7-5-13(10-17(15)21)22-18(23)12(3)26-14-6-8-16(20)11(2)9-14/h5-10,12H,4H2,1-3H3,(H,22,23)/t12-/m0/s1. The highest BCUT2D eigenvalue weighted by Crippen LogP contribution is 2.24. The lowest BCUT2D eigenvalue weighted by atomic mass is 10.2. The zero-order valence-corrected chi connectivity index (χ0v) is 16.1. The van der Waals surface area contributed by atoms with Crippen molar-refractivity contribution in [2.75, 3.05) is 11.9 Å². The number of carbonyl (C=O) groups excluding carboxylic acids is 2. The van der Waals surface area contributed by atoms with Gasteiger partial charge in [0, 0.05) is 10.7 Å². The normalized spacial score (nSPS) is 11.6. The fourth-order valence-electron chi connectivity index (χ4n) is 2.16. The van der Waals surface area contributed by atoms with E-state index in [4.69, 9.17) is 32.7 Å². The molecule has 1 N–H and O–H groups in total. The number of rotatable bonds is 6. The number of nitrogens with one attached hydrogen (secondary N) is 1. The third kappa shape index (κ3) is 5.13. The van der Waals surface area contributed by atoms with Crippen molar-refractivity contribution in [3.63, 3.8) is 0 Å². The van der Waals surface area contributed by atoms with Gasteiger partial charge in [0.05, 0.1) is 17.2 Å². The van der Waals surface area contributed by atoms with Gasteiger partial charge in [-0.05, 0) is 62.7 Å². The number of ether oxygens (including phenoxy) is 2. The van der Waals surface area contributed by atoms with Gasteiger partial charge in [0.25, 0.3) is 5.91 Å². The summed E-state index contributed by atoms with van der Waals surface area (Å²) >= 11 is 12.1. The van der Waals surface area contributed by atoms with E-state index in [1.54, 1.807) is 38.1 Å². The number of halogens is 2. The Morgan fingerprint density at radius 1 is 1.12 bits per heavy atom. The van der Waals surface area contributed by atoms with Crippen molar-refractivity contribution in [1.82, 2.24) is 0 Å². The second-order valence-electron chi connectivity index (χ2n) is 5.58. The van der Waals surface area contributed by atoms with Crippen LogP contribution in [-0.2, 0) is 9.53 Å². The van der Waals surface area contributed by atoms with E-state index in [1.807, 2.05) is 6.92 Å². The van der Waals surface area contributed by atoms with Crippen LogP contribution < -0.4 is 10.1 Å². The Morgan fingerprint density at radius 2 is 1.85 bits per heavy atom. The topological polar surface area (TPSA) is 64.6 Å². The molecule has 0 aliphatic carbocycles. The van der Waals surface area contributed by atoms with Crippen LogP contribution in [0.2, 0.25) is 10.0 Å². The molecule has 138 valence electrons. The number of anilines is 1. The van der Waals surface area contributed by atoms with E-state index in [2.05, 4.69) is 5.32 Å². The van der Waals surface area contributed by atoms with Crippen LogP contribution in [0.25, 0.3) is 0 Å². The second-order valence-corrected chi connectivity index (χ2v) is 6.39. The molecule has 0 unspecified atom stereocenters. The monoisotopic (exact) mass is 395 g/mol. The van der Waals surface area contributed by atoms with Gasteiger partial charge in [0.2, 0.25) is 0 Å². The average Bonchev–Trinajstić information content (AvgIpc) is 2.58. The summed E-state index contributed by atoms with van der Waals surface area (Å²) in [5.41, 5.74) is 1.56. The molecular formula is C19H19Cl2NO4. The fraction of sp³-hybridized carbons (Fsp3) is 0.263. The molecule has 26 heavy (non-hydrogen) atoms. The van der Waals surface area contributed by atoms with Crippen molar-refractivity contribution in [3.05, 3.63) is 57.6 Å². The van der Waals surface area contributed by atoms with E-state index in [0.29, 0.717) is 16.5 Å². The molecule has 5 nitrogen and oxygen atoms in total. The maximum Gasteiger partial charge on any atom is 0.339 e. The maximum absolute atomic E-state index is 12.3. The predicted molar refractivity (Wildman–Crippen MR) is 102 cm³/mol. The van der Waals surface area contributed by atoms with Crippen LogP contribution in [0.5, 0.6) is 5.75 Å². The minimum atomic E-state index is -0.737. The molecule has 0 saturated carbocycles. The molecule has 0 radical (unpaired) electrons. The third-order valence-electron chi connectivity index (χ3n) is 3.54. The molecule has 0 spiro atoms. The van der Waals surface area contributed by atoms with Crippen molar-refractivity contribution in [2.24, 2.45) is 0 Å². The van der Waals surface area contributed by atoms with Gasteiger partial charge >= 0.3 is 5.97 Å². The van der Waals surface area contributed by atoms with Gasteiger partial charge in [0.15, 0.2) is 6.10 Å². The van der Waals surface area contributed by atoms with Crippen LogP contribution in [0.4, 0.5) is 5.69 Å². The highest BCUT2D eigenvalue weighted by Gasteiger charge is 2.17. The smallest absolute Gasteiger partial charge is 0.339 e. The van der Waals surface area contributed by atoms with E-state index < -0.39 is 12.1 Å². The van der Waals surface area contributed by atoms with Crippen molar-refractivity contribution in [3.8, 4) is 5.75 Å². The summed E-state index contributed by atoms with van der Waals surface area (Å²) in [6, 6.07) is 9.75.